The summed E-state index contributed by atoms with van der Waals surface area (Å²) in [6, 6.07) is 0.478. The highest BCUT2D eigenvalue weighted by Crippen LogP contribution is 2.13. The standard InChI is InChI=1S/C12H23N5O/c1-9-7-17(6-5-13-9)11-14-10(15-16-11)8-18-12(2,3)4/h9,13H,5-8H2,1-4H3,(H,14,15,16)/t9-/m0/s1. The van der Waals surface area contributed by atoms with Crippen LogP contribution in [0.25, 0.3) is 0 Å². The van der Waals surface area contributed by atoms with Gasteiger partial charge in [-0.05, 0) is 27.7 Å². The van der Waals surface area contributed by atoms with Crippen LogP contribution in [0.5, 0.6) is 0 Å². The summed E-state index contributed by atoms with van der Waals surface area (Å²) < 4.78 is 5.67. The first-order valence-electron chi connectivity index (χ1n) is 6.47. The van der Waals surface area contributed by atoms with Gasteiger partial charge in [0.15, 0.2) is 5.82 Å². The van der Waals surface area contributed by atoms with Gasteiger partial charge in [0.1, 0.15) is 6.61 Å². The number of nitrogens with one attached hydrogen (secondary N) is 2. The van der Waals surface area contributed by atoms with Gasteiger partial charge in [-0.15, -0.1) is 5.10 Å². The summed E-state index contributed by atoms with van der Waals surface area (Å²) in [7, 11) is 0. The molecule has 1 aliphatic heterocycles. The van der Waals surface area contributed by atoms with E-state index in [0.717, 1.165) is 31.4 Å². The van der Waals surface area contributed by atoms with Crippen molar-refractivity contribution >= 4 is 5.95 Å². The SMILES string of the molecule is C[C@H]1CN(c2n[nH]c(COC(C)(C)C)n2)CCN1. The van der Waals surface area contributed by atoms with Gasteiger partial charge in [0.05, 0.1) is 5.60 Å². The molecular formula is C12H23N5O. The van der Waals surface area contributed by atoms with Crippen LogP contribution in [0.15, 0.2) is 0 Å². The normalized spacial score (nSPS) is 21.3. The molecule has 2 heterocycles. The monoisotopic (exact) mass is 253 g/mol. The molecule has 0 saturated carbocycles. The molecule has 1 saturated heterocycles. The average Bonchev–Trinajstić information content (AvgIpc) is 2.74. The number of H-pyrrole nitrogens is 1. The number of aromatic amines is 1. The molecule has 6 nitrogen and oxygen atoms in total. The Kier molecular flexibility index (Phi) is 3.87. The third-order valence-electron chi connectivity index (χ3n) is 2.81. The van der Waals surface area contributed by atoms with Gasteiger partial charge in [0.25, 0.3) is 0 Å². The molecule has 1 fully saturated rings. The van der Waals surface area contributed by atoms with Gasteiger partial charge in [0, 0.05) is 25.7 Å². The number of piperazine rings is 1. The molecule has 18 heavy (non-hydrogen) atoms. The maximum Gasteiger partial charge on any atom is 0.244 e. The predicted molar refractivity (Wildman–Crippen MR) is 70.6 cm³/mol. The van der Waals surface area contributed by atoms with Crippen LogP contribution in [0.3, 0.4) is 0 Å². The molecule has 0 bridgehead atoms. The first-order chi connectivity index (χ1) is 8.44. The smallest absolute Gasteiger partial charge is 0.244 e. The number of hydrogen-bond acceptors (Lipinski definition) is 5. The highest BCUT2D eigenvalue weighted by molar-refractivity contribution is 5.29. The molecule has 1 aromatic heterocycles. The topological polar surface area (TPSA) is 66.1 Å². The molecule has 1 aliphatic rings. The van der Waals surface area contributed by atoms with Crippen LogP contribution >= 0.6 is 0 Å². The Balaban J connectivity index is 1.93. The molecule has 0 spiro atoms. The largest absolute Gasteiger partial charge is 0.368 e. The molecule has 2 N–H and O–H groups in total. The zero-order chi connectivity index (χ0) is 13.2. The lowest BCUT2D eigenvalue weighted by Gasteiger charge is -2.30. The second kappa shape index (κ2) is 5.24. The molecule has 1 aromatic rings. The first-order valence-corrected chi connectivity index (χ1v) is 6.47. The Hall–Kier alpha value is -1.14. The Labute approximate surface area is 108 Å². The minimum Gasteiger partial charge on any atom is -0.368 e. The van der Waals surface area contributed by atoms with Crippen molar-refractivity contribution in [2.24, 2.45) is 0 Å². The third-order valence-corrected chi connectivity index (χ3v) is 2.81. The summed E-state index contributed by atoms with van der Waals surface area (Å²) in [5, 5.41) is 10.6. The predicted octanol–water partition coefficient (Wildman–Crippen LogP) is 0.918. The van der Waals surface area contributed by atoms with E-state index < -0.39 is 0 Å². The van der Waals surface area contributed by atoms with E-state index in [0.29, 0.717) is 12.6 Å². The second-order valence-corrected chi connectivity index (χ2v) is 5.78. The number of anilines is 1. The van der Waals surface area contributed by atoms with Crippen molar-refractivity contribution in [1.29, 1.82) is 0 Å². The maximum absolute atomic E-state index is 5.67. The molecule has 0 amide bonds. The van der Waals surface area contributed by atoms with E-state index in [1.165, 1.54) is 0 Å². The minimum atomic E-state index is -0.156. The fraction of sp³-hybridized carbons (Fsp3) is 0.833. The molecule has 1 atom stereocenters. The fourth-order valence-electron chi connectivity index (χ4n) is 1.89. The van der Waals surface area contributed by atoms with Gasteiger partial charge >= 0.3 is 0 Å². The maximum atomic E-state index is 5.67. The van der Waals surface area contributed by atoms with Crippen molar-refractivity contribution in [2.75, 3.05) is 24.5 Å². The van der Waals surface area contributed by atoms with Gasteiger partial charge in [-0.2, -0.15) is 4.98 Å². The molecular weight excluding hydrogens is 230 g/mol. The van der Waals surface area contributed by atoms with E-state index in [-0.39, 0.29) is 5.60 Å². The Bertz CT molecular complexity index is 384. The number of ether oxygens (including phenoxy) is 1. The fourth-order valence-corrected chi connectivity index (χ4v) is 1.89. The van der Waals surface area contributed by atoms with Gasteiger partial charge in [-0.25, -0.2) is 0 Å². The van der Waals surface area contributed by atoms with Gasteiger partial charge in [0.2, 0.25) is 5.95 Å². The number of aromatic nitrogens is 3. The summed E-state index contributed by atoms with van der Waals surface area (Å²) in [5.41, 5.74) is -0.156. The molecule has 6 heteroatoms. The summed E-state index contributed by atoms with van der Waals surface area (Å²) >= 11 is 0. The molecule has 0 radical (unpaired) electrons. The van der Waals surface area contributed by atoms with E-state index in [4.69, 9.17) is 4.74 Å². The third kappa shape index (κ3) is 3.68. The summed E-state index contributed by atoms with van der Waals surface area (Å²) in [4.78, 5) is 6.67. The first kappa shape index (κ1) is 13.3. The quantitative estimate of drug-likeness (QED) is 0.838. The minimum absolute atomic E-state index is 0.156. The van der Waals surface area contributed by atoms with Crippen molar-refractivity contribution in [3.05, 3.63) is 5.82 Å². The Morgan fingerprint density at radius 3 is 2.89 bits per heavy atom. The van der Waals surface area contributed by atoms with E-state index in [1.54, 1.807) is 0 Å². The van der Waals surface area contributed by atoms with Crippen LogP contribution in [0.2, 0.25) is 0 Å². The van der Waals surface area contributed by atoms with Crippen molar-refractivity contribution in [1.82, 2.24) is 20.5 Å². The Morgan fingerprint density at radius 2 is 2.22 bits per heavy atom. The summed E-state index contributed by atoms with van der Waals surface area (Å²) in [6.45, 7) is 11.6. The zero-order valence-corrected chi connectivity index (χ0v) is 11.7. The van der Waals surface area contributed by atoms with Crippen molar-refractivity contribution in [2.45, 2.75) is 45.9 Å². The van der Waals surface area contributed by atoms with E-state index in [1.807, 2.05) is 20.8 Å². The van der Waals surface area contributed by atoms with Crippen LogP contribution < -0.4 is 10.2 Å². The number of rotatable bonds is 3. The number of nitrogens with zero attached hydrogens (tertiary/aromatic N) is 3. The van der Waals surface area contributed by atoms with Gasteiger partial charge in [-0.1, -0.05) is 0 Å². The Morgan fingerprint density at radius 1 is 1.44 bits per heavy atom. The van der Waals surface area contributed by atoms with Crippen molar-refractivity contribution in [3.63, 3.8) is 0 Å². The molecule has 0 aliphatic carbocycles. The van der Waals surface area contributed by atoms with E-state index >= 15 is 0 Å². The zero-order valence-electron chi connectivity index (χ0n) is 11.7. The van der Waals surface area contributed by atoms with Gasteiger partial charge in [-0.3, -0.25) is 5.10 Å². The highest BCUT2D eigenvalue weighted by atomic mass is 16.5. The number of hydrogen-bond donors (Lipinski definition) is 2. The van der Waals surface area contributed by atoms with E-state index in [9.17, 15) is 0 Å². The van der Waals surface area contributed by atoms with Crippen molar-refractivity contribution < 1.29 is 4.74 Å². The highest BCUT2D eigenvalue weighted by Gasteiger charge is 2.19. The van der Waals surface area contributed by atoms with Crippen LogP contribution in [0.4, 0.5) is 5.95 Å². The van der Waals surface area contributed by atoms with Gasteiger partial charge < -0.3 is 15.0 Å². The lowest BCUT2D eigenvalue weighted by Crippen LogP contribution is -2.49. The molecule has 102 valence electrons. The molecule has 0 unspecified atom stereocenters. The summed E-state index contributed by atoms with van der Waals surface area (Å²) in [6.07, 6.45) is 0. The van der Waals surface area contributed by atoms with Crippen LogP contribution in [-0.4, -0.2) is 46.5 Å². The van der Waals surface area contributed by atoms with Crippen molar-refractivity contribution in [3.8, 4) is 0 Å². The van der Waals surface area contributed by atoms with Crippen LogP contribution in [0, 0.1) is 0 Å². The average molecular weight is 253 g/mol. The molecule has 2 rings (SSSR count). The van der Waals surface area contributed by atoms with Crippen LogP contribution in [-0.2, 0) is 11.3 Å². The second-order valence-electron chi connectivity index (χ2n) is 5.78. The summed E-state index contributed by atoms with van der Waals surface area (Å²) in [5.74, 6) is 1.56. The van der Waals surface area contributed by atoms with Crippen LogP contribution in [0.1, 0.15) is 33.5 Å². The van der Waals surface area contributed by atoms with E-state index in [2.05, 4.69) is 32.3 Å². The lowest BCUT2D eigenvalue weighted by molar-refractivity contribution is -0.0179. The molecule has 0 aromatic carbocycles. The lowest BCUT2D eigenvalue weighted by atomic mass is 10.2.